The van der Waals surface area contributed by atoms with E-state index in [4.69, 9.17) is 25.2 Å². The third-order valence-electron chi connectivity index (χ3n) is 5.27. The largest absolute Gasteiger partial charge is 0.496 e. The molecule has 4 heterocycles. The summed E-state index contributed by atoms with van der Waals surface area (Å²) < 4.78 is 11.0. The van der Waals surface area contributed by atoms with E-state index in [1.165, 1.54) is 0 Å². The highest BCUT2D eigenvalue weighted by Gasteiger charge is 2.17. The van der Waals surface area contributed by atoms with Crippen LogP contribution in [0.4, 0.5) is 23.3 Å². The van der Waals surface area contributed by atoms with Gasteiger partial charge in [-0.15, -0.1) is 0 Å². The molecule has 0 radical (unpaired) electrons. The molecule has 162 valence electrons. The number of fused-ring (bicyclic) bond motifs is 1. The maximum Gasteiger partial charge on any atom is 0.228 e. The molecule has 1 fully saturated rings. The molecule has 0 unspecified atom stereocenters. The van der Waals surface area contributed by atoms with Gasteiger partial charge in [-0.3, -0.25) is 4.98 Å². The van der Waals surface area contributed by atoms with Gasteiger partial charge in [0.25, 0.3) is 0 Å². The van der Waals surface area contributed by atoms with Crippen LogP contribution in [0.1, 0.15) is 0 Å². The lowest BCUT2D eigenvalue weighted by atomic mass is 10.2. The normalized spacial score (nSPS) is 13.8. The molecule has 1 aromatic carbocycles. The zero-order valence-corrected chi connectivity index (χ0v) is 17.7. The summed E-state index contributed by atoms with van der Waals surface area (Å²) in [6, 6.07) is 13.4. The second-order valence-corrected chi connectivity index (χ2v) is 7.39. The fourth-order valence-corrected chi connectivity index (χ4v) is 3.62. The Morgan fingerprint density at radius 2 is 1.91 bits per heavy atom. The quantitative estimate of drug-likeness (QED) is 0.494. The average Bonchev–Trinajstić information content (AvgIpc) is 2.84. The third-order valence-corrected chi connectivity index (χ3v) is 5.27. The number of rotatable bonds is 5. The number of hydrogen-bond donors (Lipinski definition) is 2. The van der Waals surface area contributed by atoms with Gasteiger partial charge in [0.1, 0.15) is 17.4 Å². The zero-order valence-electron chi connectivity index (χ0n) is 17.7. The molecule has 4 aromatic rings. The molecule has 0 saturated carbocycles. The molecule has 0 amide bonds. The van der Waals surface area contributed by atoms with Crippen molar-refractivity contribution in [2.45, 2.75) is 0 Å². The summed E-state index contributed by atoms with van der Waals surface area (Å²) in [5.74, 6) is 2.52. The van der Waals surface area contributed by atoms with Gasteiger partial charge in [-0.1, -0.05) is 6.07 Å². The number of hydrogen-bond acceptors (Lipinski definition) is 9. The van der Waals surface area contributed by atoms with Gasteiger partial charge in [0, 0.05) is 36.3 Å². The van der Waals surface area contributed by atoms with Gasteiger partial charge < -0.3 is 25.4 Å². The van der Waals surface area contributed by atoms with Crippen LogP contribution in [0.3, 0.4) is 0 Å². The third kappa shape index (κ3) is 4.10. The number of nitrogens with one attached hydrogen (secondary N) is 1. The summed E-state index contributed by atoms with van der Waals surface area (Å²) >= 11 is 0. The maximum absolute atomic E-state index is 5.76. The second kappa shape index (κ2) is 8.64. The molecule has 9 nitrogen and oxygen atoms in total. The summed E-state index contributed by atoms with van der Waals surface area (Å²) in [5.41, 5.74) is 9.03. The van der Waals surface area contributed by atoms with Crippen LogP contribution in [-0.4, -0.2) is 53.3 Å². The number of benzene rings is 1. The molecule has 1 aliphatic rings. The van der Waals surface area contributed by atoms with Gasteiger partial charge >= 0.3 is 0 Å². The van der Waals surface area contributed by atoms with Crippen molar-refractivity contribution in [3.63, 3.8) is 0 Å². The highest BCUT2D eigenvalue weighted by Crippen LogP contribution is 2.29. The first-order valence-corrected chi connectivity index (χ1v) is 10.3. The summed E-state index contributed by atoms with van der Waals surface area (Å²) in [6.45, 7) is 2.76. The van der Waals surface area contributed by atoms with Crippen LogP contribution in [0.15, 0.2) is 54.9 Å². The molecule has 5 rings (SSSR count). The van der Waals surface area contributed by atoms with Crippen LogP contribution in [0, 0.1) is 0 Å². The zero-order chi connectivity index (χ0) is 21.9. The van der Waals surface area contributed by atoms with E-state index < -0.39 is 0 Å². The minimum Gasteiger partial charge on any atom is -0.496 e. The van der Waals surface area contributed by atoms with Crippen molar-refractivity contribution in [2.75, 3.05) is 49.4 Å². The smallest absolute Gasteiger partial charge is 0.228 e. The number of anilines is 4. The van der Waals surface area contributed by atoms with E-state index in [1.54, 1.807) is 25.6 Å². The summed E-state index contributed by atoms with van der Waals surface area (Å²) in [4.78, 5) is 20.4. The molecule has 0 spiro atoms. The fourth-order valence-electron chi connectivity index (χ4n) is 3.62. The van der Waals surface area contributed by atoms with Gasteiger partial charge in [0.05, 0.1) is 43.4 Å². The molecule has 0 atom stereocenters. The number of ether oxygens (including phenoxy) is 2. The fraction of sp³-hybridized carbons (Fsp3) is 0.217. The molecular formula is C23H23N7O2. The van der Waals surface area contributed by atoms with Crippen molar-refractivity contribution < 1.29 is 9.47 Å². The molecular weight excluding hydrogens is 406 g/mol. The van der Waals surface area contributed by atoms with Crippen LogP contribution in [0.2, 0.25) is 0 Å². The van der Waals surface area contributed by atoms with Crippen molar-refractivity contribution in [2.24, 2.45) is 0 Å². The summed E-state index contributed by atoms with van der Waals surface area (Å²) in [5, 5.41) is 4.30. The minimum absolute atomic E-state index is 0.464. The van der Waals surface area contributed by atoms with Crippen molar-refractivity contribution in [3.8, 4) is 17.0 Å². The predicted molar refractivity (Wildman–Crippen MR) is 124 cm³/mol. The Labute approximate surface area is 185 Å². The Kier molecular flexibility index (Phi) is 5.39. The first kappa shape index (κ1) is 20.0. The predicted octanol–water partition coefficient (Wildman–Crippen LogP) is 3.26. The highest BCUT2D eigenvalue weighted by molar-refractivity contribution is 5.88. The SMILES string of the molecule is COc1cccc2ncc(Nc3cc(-c4ccc(N)nc4)nc(N4CCOCC4)n3)cc12. The van der Waals surface area contributed by atoms with Crippen LogP contribution >= 0.6 is 0 Å². The van der Waals surface area contributed by atoms with E-state index in [0.29, 0.717) is 30.8 Å². The van der Waals surface area contributed by atoms with Crippen molar-refractivity contribution >= 4 is 34.2 Å². The number of nitrogens with zero attached hydrogens (tertiary/aromatic N) is 5. The van der Waals surface area contributed by atoms with Crippen LogP contribution in [0.5, 0.6) is 5.75 Å². The number of nitrogen functional groups attached to an aromatic ring is 1. The van der Waals surface area contributed by atoms with Gasteiger partial charge in [0.15, 0.2) is 0 Å². The van der Waals surface area contributed by atoms with Gasteiger partial charge in [-0.05, 0) is 30.3 Å². The van der Waals surface area contributed by atoms with Gasteiger partial charge in [-0.2, -0.15) is 4.98 Å². The monoisotopic (exact) mass is 429 g/mol. The van der Waals surface area contributed by atoms with Crippen molar-refractivity contribution in [1.82, 2.24) is 19.9 Å². The lowest BCUT2D eigenvalue weighted by molar-refractivity contribution is 0.122. The molecule has 0 bridgehead atoms. The van der Waals surface area contributed by atoms with E-state index in [0.717, 1.165) is 46.7 Å². The molecule has 3 N–H and O–H groups in total. The van der Waals surface area contributed by atoms with Crippen LogP contribution < -0.4 is 20.7 Å². The molecule has 0 aliphatic carbocycles. The number of pyridine rings is 2. The topological polar surface area (TPSA) is 111 Å². The Morgan fingerprint density at radius 1 is 1.03 bits per heavy atom. The average molecular weight is 429 g/mol. The Bertz CT molecular complexity index is 1240. The molecule has 1 saturated heterocycles. The lowest BCUT2D eigenvalue weighted by Crippen LogP contribution is -2.37. The van der Waals surface area contributed by atoms with E-state index in [2.05, 4.69) is 20.2 Å². The first-order valence-electron chi connectivity index (χ1n) is 10.3. The first-order chi connectivity index (χ1) is 15.7. The molecule has 32 heavy (non-hydrogen) atoms. The van der Waals surface area contributed by atoms with Crippen LogP contribution in [-0.2, 0) is 4.74 Å². The van der Waals surface area contributed by atoms with Gasteiger partial charge in [-0.25, -0.2) is 9.97 Å². The Balaban J connectivity index is 1.54. The van der Waals surface area contributed by atoms with E-state index in [1.807, 2.05) is 36.4 Å². The Morgan fingerprint density at radius 3 is 2.69 bits per heavy atom. The number of morpholine rings is 1. The Hall–Kier alpha value is -3.98. The van der Waals surface area contributed by atoms with E-state index in [-0.39, 0.29) is 0 Å². The molecule has 3 aromatic heterocycles. The van der Waals surface area contributed by atoms with Crippen molar-refractivity contribution in [3.05, 3.63) is 54.9 Å². The highest BCUT2D eigenvalue weighted by atomic mass is 16.5. The summed E-state index contributed by atoms with van der Waals surface area (Å²) in [6.07, 6.45) is 3.50. The number of methoxy groups -OCH3 is 1. The van der Waals surface area contributed by atoms with Crippen LogP contribution in [0.25, 0.3) is 22.2 Å². The maximum atomic E-state index is 5.76. The number of aromatic nitrogens is 4. The van der Waals surface area contributed by atoms with Crippen molar-refractivity contribution in [1.29, 1.82) is 0 Å². The lowest BCUT2D eigenvalue weighted by Gasteiger charge is -2.27. The van der Waals surface area contributed by atoms with E-state index in [9.17, 15) is 0 Å². The molecule has 9 heteroatoms. The van der Waals surface area contributed by atoms with E-state index >= 15 is 0 Å². The number of nitrogens with two attached hydrogens (primary N) is 1. The minimum atomic E-state index is 0.464. The van der Waals surface area contributed by atoms with Gasteiger partial charge in [0.2, 0.25) is 5.95 Å². The standard InChI is InChI=1S/C23H23N7O2/c1-31-20-4-2-3-18-17(20)11-16(14-25-18)27-22-12-19(15-5-6-21(24)26-13-15)28-23(29-22)30-7-9-32-10-8-30/h2-6,11-14H,7-10H2,1H3,(H2,24,26)(H,27,28,29). The summed E-state index contributed by atoms with van der Waals surface area (Å²) in [7, 11) is 1.65. The molecule has 1 aliphatic heterocycles. The second-order valence-electron chi connectivity index (χ2n) is 7.39.